The quantitative estimate of drug-likeness (QED) is 0.608. The molecule has 11 heavy (non-hydrogen) atoms. The lowest BCUT2D eigenvalue weighted by Crippen LogP contribution is -2.35. The Morgan fingerprint density at radius 3 is 2.73 bits per heavy atom. The molecule has 66 valence electrons. The molecule has 1 saturated heterocycles. The van der Waals surface area contributed by atoms with Crippen molar-refractivity contribution >= 4 is 0 Å². The zero-order chi connectivity index (χ0) is 8.10. The largest absolute Gasteiger partial charge is 0.390 e. The molecule has 3 heteroatoms. The summed E-state index contributed by atoms with van der Waals surface area (Å²) in [6.07, 6.45) is 1.89. The predicted octanol–water partition coefficient (Wildman–Crippen LogP) is -0.00670. The summed E-state index contributed by atoms with van der Waals surface area (Å²) < 4.78 is 4.89. The second-order valence-electron chi connectivity index (χ2n) is 3.11. The molecule has 0 saturated carbocycles. The van der Waals surface area contributed by atoms with E-state index < -0.39 is 0 Å². The van der Waals surface area contributed by atoms with Crippen molar-refractivity contribution in [2.75, 3.05) is 26.8 Å². The van der Waals surface area contributed by atoms with Crippen LogP contribution in [0.2, 0.25) is 0 Å². The summed E-state index contributed by atoms with van der Waals surface area (Å²) >= 11 is 0. The van der Waals surface area contributed by atoms with Crippen LogP contribution in [0.5, 0.6) is 0 Å². The highest BCUT2D eigenvalue weighted by atomic mass is 16.5. The van der Waals surface area contributed by atoms with E-state index in [1.165, 1.54) is 0 Å². The van der Waals surface area contributed by atoms with Gasteiger partial charge in [0.2, 0.25) is 0 Å². The average molecular weight is 159 g/mol. The molecule has 0 radical (unpaired) electrons. The van der Waals surface area contributed by atoms with Gasteiger partial charge in [-0.2, -0.15) is 0 Å². The lowest BCUT2D eigenvalue weighted by atomic mass is 9.93. The molecule has 1 atom stereocenters. The van der Waals surface area contributed by atoms with Gasteiger partial charge in [-0.05, 0) is 31.8 Å². The van der Waals surface area contributed by atoms with Crippen molar-refractivity contribution in [3.63, 3.8) is 0 Å². The molecule has 3 nitrogen and oxygen atoms in total. The van der Waals surface area contributed by atoms with Crippen LogP contribution in [0.4, 0.5) is 0 Å². The molecule has 0 aromatic carbocycles. The summed E-state index contributed by atoms with van der Waals surface area (Å²) in [5.41, 5.74) is 0. The van der Waals surface area contributed by atoms with Gasteiger partial charge in [-0.25, -0.2) is 0 Å². The number of ether oxygens (including phenoxy) is 1. The Balaban J connectivity index is 2.21. The first-order valence-corrected chi connectivity index (χ1v) is 4.22. The van der Waals surface area contributed by atoms with Crippen LogP contribution < -0.4 is 5.32 Å². The first-order chi connectivity index (χ1) is 5.34. The number of aliphatic hydroxyl groups excluding tert-OH is 1. The fourth-order valence-corrected chi connectivity index (χ4v) is 1.54. The summed E-state index contributed by atoms with van der Waals surface area (Å²) in [5, 5.41) is 12.8. The third-order valence-corrected chi connectivity index (χ3v) is 2.27. The highest BCUT2D eigenvalue weighted by molar-refractivity contribution is 4.74. The van der Waals surface area contributed by atoms with E-state index >= 15 is 0 Å². The molecule has 0 aromatic rings. The fourth-order valence-electron chi connectivity index (χ4n) is 1.54. The Kier molecular flexibility index (Phi) is 3.83. The SMILES string of the molecule is COCC(O)C1CCNCC1. The topological polar surface area (TPSA) is 41.5 Å². The molecule has 1 unspecified atom stereocenters. The molecule has 2 N–H and O–H groups in total. The van der Waals surface area contributed by atoms with Crippen LogP contribution in [0.25, 0.3) is 0 Å². The van der Waals surface area contributed by atoms with Gasteiger partial charge in [-0.15, -0.1) is 0 Å². The van der Waals surface area contributed by atoms with Crippen molar-refractivity contribution in [3.05, 3.63) is 0 Å². The Hall–Kier alpha value is -0.120. The van der Waals surface area contributed by atoms with Crippen LogP contribution in [-0.2, 0) is 4.74 Å². The predicted molar refractivity (Wildman–Crippen MR) is 43.5 cm³/mol. The molecule has 1 rings (SSSR count). The van der Waals surface area contributed by atoms with E-state index in [1.807, 2.05) is 0 Å². The van der Waals surface area contributed by atoms with Gasteiger partial charge in [0.15, 0.2) is 0 Å². The number of aliphatic hydroxyl groups is 1. The standard InChI is InChI=1S/C8H17NO2/c1-11-6-8(10)7-2-4-9-5-3-7/h7-10H,2-6H2,1H3. The summed E-state index contributed by atoms with van der Waals surface area (Å²) in [7, 11) is 1.63. The fraction of sp³-hybridized carbons (Fsp3) is 1.00. The smallest absolute Gasteiger partial charge is 0.0802 e. The third kappa shape index (κ3) is 2.77. The second-order valence-corrected chi connectivity index (χ2v) is 3.11. The molecule has 1 heterocycles. The maximum atomic E-state index is 9.52. The Morgan fingerprint density at radius 2 is 2.18 bits per heavy atom. The highest BCUT2D eigenvalue weighted by Crippen LogP contribution is 2.15. The van der Waals surface area contributed by atoms with Gasteiger partial charge in [-0.1, -0.05) is 0 Å². The van der Waals surface area contributed by atoms with Crippen LogP contribution in [-0.4, -0.2) is 38.0 Å². The highest BCUT2D eigenvalue weighted by Gasteiger charge is 2.20. The maximum absolute atomic E-state index is 9.52. The van der Waals surface area contributed by atoms with Crippen molar-refractivity contribution in [2.45, 2.75) is 18.9 Å². The number of methoxy groups -OCH3 is 1. The molecular formula is C8H17NO2. The average Bonchev–Trinajstić information content (AvgIpc) is 2.07. The zero-order valence-corrected chi connectivity index (χ0v) is 7.05. The second kappa shape index (κ2) is 4.70. The van der Waals surface area contributed by atoms with E-state index in [2.05, 4.69) is 5.32 Å². The normalized spacial score (nSPS) is 23.5. The van der Waals surface area contributed by atoms with Gasteiger partial charge in [0.05, 0.1) is 12.7 Å². The summed E-state index contributed by atoms with van der Waals surface area (Å²) in [5.74, 6) is 0.441. The van der Waals surface area contributed by atoms with Gasteiger partial charge in [-0.3, -0.25) is 0 Å². The Bertz CT molecular complexity index is 102. The maximum Gasteiger partial charge on any atom is 0.0802 e. The number of nitrogens with one attached hydrogen (secondary N) is 1. The number of piperidine rings is 1. The van der Waals surface area contributed by atoms with Gasteiger partial charge < -0.3 is 15.2 Å². The number of rotatable bonds is 3. The van der Waals surface area contributed by atoms with E-state index in [0.717, 1.165) is 25.9 Å². The molecule has 0 aliphatic carbocycles. The monoisotopic (exact) mass is 159 g/mol. The van der Waals surface area contributed by atoms with Gasteiger partial charge in [0, 0.05) is 7.11 Å². The van der Waals surface area contributed by atoms with Crippen molar-refractivity contribution in [1.29, 1.82) is 0 Å². The van der Waals surface area contributed by atoms with Crippen LogP contribution in [0.1, 0.15) is 12.8 Å². The summed E-state index contributed by atoms with van der Waals surface area (Å²) in [6.45, 7) is 2.54. The number of hydrogen-bond acceptors (Lipinski definition) is 3. The van der Waals surface area contributed by atoms with E-state index in [1.54, 1.807) is 7.11 Å². The number of hydrogen-bond donors (Lipinski definition) is 2. The Labute approximate surface area is 67.7 Å². The van der Waals surface area contributed by atoms with E-state index in [4.69, 9.17) is 4.74 Å². The summed E-state index contributed by atoms with van der Waals surface area (Å²) in [4.78, 5) is 0. The lowest BCUT2D eigenvalue weighted by molar-refractivity contribution is 0.0157. The van der Waals surface area contributed by atoms with Crippen molar-refractivity contribution in [1.82, 2.24) is 5.32 Å². The first-order valence-electron chi connectivity index (χ1n) is 4.22. The molecule has 0 spiro atoms. The van der Waals surface area contributed by atoms with Crippen molar-refractivity contribution < 1.29 is 9.84 Å². The minimum atomic E-state index is -0.262. The Morgan fingerprint density at radius 1 is 1.55 bits per heavy atom. The molecule has 1 aliphatic heterocycles. The molecule has 1 fully saturated rings. The van der Waals surface area contributed by atoms with Crippen LogP contribution in [0.3, 0.4) is 0 Å². The molecule has 0 amide bonds. The van der Waals surface area contributed by atoms with Gasteiger partial charge in [0.25, 0.3) is 0 Å². The van der Waals surface area contributed by atoms with Crippen LogP contribution >= 0.6 is 0 Å². The molecular weight excluding hydrogens is 142 g/mol. The third-order valence-electron chi connectivity index (χ3n) is 2.27. The van der Waals surface area contributed by atoms with Crippen molar-refractivity contribution in [3.8, 4) is 0 Å². The molecule has 0 aromatic heterocycles. The molecule has 1 aliphatic rings. The molecule has 0 bridgehead atoms. The minimum Gasteiger partial charge on any atom is -0.390 e. The summed E-state index contributed by atoms with van der Waals surface area (Å²) in [6, 6.07) is 0. The van der Waals surface area contributed by atoms with E-state index in [9.17, 15) is 5.11 Å². The zero-order valence-electron chi connectivity index (χ0n) is 7.05. The van der Waals surface area contributed by atoms with Crippen molar-refractivity contribution in [2.24, 2.45) is 5.92 Å². The van der Waals surface area contributed by atoms with Crippen LogP contribution in [0.15, 0.2) is 0 Å². The van der Waals surface area contributed by atoms with E-state index in [0.29, 0.717) is 12.5 Å². The van der Waals surface area contributed by atoms with Gasteiger partial charge >= 0.3 is 0 Å². The van der Waals surface area contributed by atoms with E-state index in [-0.39, 0.29) is 6.10 Å². The first kappa shape index (κ1) is 8.97. The van der Waals surface area contributed by atoms with Gasteiger partial charge in [0.1, 0.15) is 0 Å². The van der Waals surface area contributed by atoms with Crippen LogP contribution in [0, 0.1) is 5.92 Å². The lowest BCUT2D eigenvalue weighted by Gasteiger charge is -2.26. The minimum absolute atomic E-state index is 0.262.